The lowest BCUT2D eigenvalue weighted by molar-refractivity contribution is 0.503. The Balaban J connectivity index is 2.40. The second-order valence-corrected chi connectivity index (χ2v) is 5.35. The maximum absolute atomic E-state index is 3.64. The Labute approximate surface area is 109 Å². The van der Waals surface area contributed by atoms with Crippen LogP contribution in [0.15, 0.2) is 24.3 Å². The average molecular weight is 283 g/mol. The highest BCUT2D eigenvalue weighted by atomic mass is 79.9. The van der Waals surface area contributed by atoms with Crippen LogP contribution in [-0.4, -0.2) is 5.33 Å². The van der Waals surface area contributed by atoms with E-state index in [2.05, 4.69) is 54.0 Å². The van der Waals surface area contributed by atoms with Crippen LogP contribution in [0.1, 0.15) is 43.7 Å². The summed E-state index contributed by atoms with van der Waals surface area (Å²) in [5.74, 6) is 0.800. The molecule has 0 bridgehead atoms. The van der Waals surface area contributed by atoms with Crippen molar-refractivity contribution in [2.45, 2.75) is 46.0 Å². The van der Waals surface area contributed by atoms with E-state index in [1.165, 1.54) is 43.2 Å². The topological polar surface area (TPSA) is 0 Å². The first-order valence-electron chi connectivity index (χ1n) is 6.37. The zero-order chi connectivity index (χ0) is 11.8. The first kappa shape index (κ1) is 13.8. The molecule has 0 saturated carbocycles. The Morgan fingerprint density at radius 2 is 1.81 bits per heavy atom. The maximum atomic E-state index is 3.64. The summed E-state index contributed by atoms with van der Waals surface area (Å²) in [6, 6.07) is 8.97. The van der Waals surface area contributed by atoms with Crippen LogP contribution in [0.3, 0.4) is 0 Å². The SMILES string of the molecule is CCCCCC(CBr)Cc1ccc(C)cc1. The molecular formula is C15H23Br. The molecule has 0 radical (unpaired) electrons. The minimum Gasteiger partial charge on any atom is -0.0925 e. The summed E-state index contributed by atoms with van der Waals surface area (Å²) in [6.07, 6.45) is 6.64. The van der Waals surface area contributed by atoms with Crippen LogP contribution in [0.5, 0.6) is 0 Å². The summed E-state index contributed by atoms with van der Waals surface area (Å²) >= 11 is 3.64. The van der Waals surface area contributed by atoms with Crippen molar-refractivity contribution in [3.8, 4) is 0 Å². The van der Waals surface area contributed by atoms with Crippen LogP contribution < -0.4 is 0 Å². The second kappa shape index (κ2) is 7.89. The number of benzene rings is 1. The predicted molar refractivity (Wildman–Crippen MR) is 76.3 cm³/mol. The quantitative estimate of drug-likeness (QED) is 0.481. The van der Waals surface area contributed by atoms with Gasteiger partial charge in [-0.05, 0) is 31.2 Å². The van der Waals surface area contributed by atoms with E-state index < -0.39 is 0 Å². The summed E-state index contributed by atoms with van der Waals surface area (Å²) in [5.41, 5.74) is 2.83. The molecule has 0 aliphatic rings. The van der Waals surface area contributed by atoms with Crippen molar-refractivity contribution >= 4 is 15.9 Å². The van der Waals surface area contributed by atoms with E-state index in [0.29, 0.717) is 0 Å². The van der Waals surface area contributed by atoms with Gasteiger partial charge in [0.1, 0.15) is 0 Å². The molecule has 1 heteroatoms. The molecule has 0 saturated heterocycles. The fraction of sp³-hybridized carbons (Fsp3) is 0.600. The fourth-order valence-electron chi connectivity index (χ4n) is 1.97. The second-order valence-electron chi connectivity index (χ2n) is 4.71. The number of alkyl halides is 1. The van der Waals surface area contributed by atoms with Crippen molar-refractivity contribution < 1.29 is 0 Å². The molecule has 0 nitrogen and oxygen atoms in total. The number of halogens is 1. The monoisotopic (exact) mass is 282 g/mol. The minimum atomic E-state index is 0.800. The molecule has 0 heterocycles. The van der Waals surface area contributed by atoms with Crippen molar-refractivity contribution in [1.82, 2.24) is 0 Å². The van der Waals surface area contributed by atoms with E-state index in [-0.39, 0.29) is 0 Å². The van der Waals surface area contributed by atoms with Crippen molar-refractivity contribution in [1.29, 1.82) is 0 Å². The van der Waals surface area contributed by atoms with Gasteiger partial charge >= 0.3 is 0 Å². The van der Waals surface area contributed by atoms with Crippen LogP contribution in [-0.2, 0) is 6.42 Å². The fourth-order valence-corrected chi connectivity index (χ4v) is 2.53. The maximum Gasteiger partial charge on any atom is 0.00628 e. The molecule has 0 aromatic heterocycles. The number of rotatable bonds is 7. The molecule has 0 fully saturated rings. The molecule has 0 amide bonds. The van der Waals surface area contributed by atoms with Gasteiger partial charge in [-0.3, -0.25) is 0 Å². The molecule has 0 aliphatic heterocycles. The summed E-state index contributed by atoms with van der Waals surface area (Å²) in [7, 11) is 0. The van der Waals surface area contributed by atoms with E-state index in [1.54, 1.807) is 0 Å². The Kier molecular flexibility index (Phi) is 6.79. The van der Waals surface area contributed by atoms with Gasteiger partial charge in [-0.1, -0.05) is 71.9 Å². The number of aryl methyl sites for hydroxylation is 1. The summed E-state index contributed by atoms with van der Waals surface area (Å²) < 4.78 is 0. The zero-order valence-electron chi connectivity index (χ0n) is 10.5. The standard InChI is InChI=1S/C15H23Br/c1-3-4-5-6-15(12-16)11-14-9-7-13(2)8-10-14/h7-10,15H,3-6,11-12H2,1-2H3. The van der Waals surface area contributed by atoms with E-state index in [1.807, 2.05) is 0 Å². The van der Waals surface area contributed by atoms with Gasteiger partial charge in [0.25, 0.3) is 0 Å². The third kappa shape index (κ3) is 5.16. The molecule has 1 aromatic carbocycles. The van der Waals surface area contributed by atoms with Crippen LogP contribution in [0.25, 0.3) is 0 Å². The molecule has 1 atom stereocenters. The van der Waals surface area contributed by atoms with Crippen molar-refractivity contribution in [3.05, 3.63) is 35.4 Å². The minimum absolute atomic E-state index is 0.800. The Bertz CT molecular complexity index is 276. The Hall–Kier alpha value is -0.300. The highest BCUT2D eigenvalue weighted by molar-refractivity contribution is 9.09. The lowest BCUT2D eigenvalue weighted by atomic mass is 9.95. The normalized spacial score (nSPS) is 12.7. The average Bonchev–Trinajstić information content (AvgIpc) is 2.31. The first-order valence-corrected chi connectivity index (χ1v) is 7.50. The molecule has 0 N–H and O–H groups in total. The third-order valence-electron chi connectivity index (χ3n) is 3.08. The van der Waals surface area contributed by atoms with Crippen molar-refractivity contribution in [2.24, 2.45) is 5.92 Å². The van der Waals surface area contributed by atoms with Gasteiger partial charge in [-0.15, -0.1) is 0 Å². The van der Waals surface area contributed by atoms with Crippen molar-refractivity contribution in [3.63, 3.8) is 0 Å². The Morgan fingerprint density at radius 1 is 1.12 bits per heavy atom. The number of unbranched alkanes of at least 4 members (excludes halogenated alkanes) is 2. The lowest BCUT2D eigenvalue weighted by Gasteiger charge is -2.13. The summed E-state index contributed by atoms with van der Waals surface area (Å²) in [5, 5.41) is 1.13. The predicted octanol–water partition coefficient (Wildman–Crippen LogP) is 5.13. The van der Waals surface area contributed by atoms with Crippen molar-refractivity contribution in [2.75, 3.05) is 5.33 Å². The van der Waals surface area contributed by atoms with Gasteiger partial charge in [0.2, 0.25) is 0 Å². The molecule has 16 heavy (non-hydrogen) atoms. The van der Waals surface area contributed by atoms with Gasteiger partial charge in [0, 0.05) is 5.33 Å². The van der Waals surface area contributed by atoms with Gasteiger partial charge in [0.15, 0.2) is 0 Å². The molecular weight excluding hydrogens is 260 g/mol. The van der Waals surface area contributed by atoms with Gasteiger partial charge < -0.3 is 0 Å². The molecule has 0 aliphatic carbocycles. The van der Waals surface area contributed by atoms with Crippen LogP contribution in [0.2, 0.25) is 0 Å². The largest absolute Gasteiger partial charge is 0.0925 e. The third-order valence-corrected chi connectivity index (χ3v) is 3.99. The van der Waals surface area contributed by atoms with Gasteiger partial charge in [-0.2, -0.15) is 0 Å². The van der Waals surface area contributed by atoms with E-state index in [4.69, 9.17) is 0 Å². The van der Waals surface area contributed by atoms with E-state index in [9.17, 15) is 0 Å². The molecule has 0 spiro atoms. The van der Waals surface area contributed by atoms with Gasteiger partial charge in [0.05, 0.1) is 0 Å². The molecule has 1 unspecified atom stereocenters. The first-order chi connectivity index (χ1) is 7.76. The molecule has 1 aromatic rings. The molecule has 1 rings (SSSR count). The summed E-state index contributed by atoms with van der Waals surface area (Å²) in [4.78, 5) is 0. The zero-order valence-corrected chi connectivity index (χ0v) is 12.1. The summed E-state index contributed by atoms with van der Waals surface area (Å²) in [6.45, 7) is 4.41. The van der Waals surface area contributed by atoms with Crippen LogP contribution in [0, 0.1) is 12.8 Å². The highest BCUT2D eigenvalue weighted by Crippen LogP contribution is 2.18. The van der Waals surface area contributed by atoms with Gasteiger partial charge in [-0.25, -0.2) is 0 Å². The Morgan fingerprint density at radius 3 is 2.38 bits per heavy atom. The highest BCUT2D eigenvalue weighted by Gasteiger charge is 2.07. The van der Waals surface area contributed by atoms with Crippen LogP contribution in [0.4, 0.5) is 0 Å². The smallest absolute Gasteiger partial charge is 0.00628 e. The van der Waals surface area contributed by atoms with E-state index >= 15 is 0 Å². The van der Waals surface area contributed by atoms with E-state index in [0.717, 1.165) is 11.2 Å². The molecule has 90 valence electrons. The number of hydrogen-bond donors (Lipinski definition) is 0. The van der Waals surface area contributed by atoms with Crippen LogP contribution >= 0.6 is 15.9 Å². The lowest BCUT2D eigenvalue weighted by Crippen LogP contribution is -2.06. The number of hydrogen-bond acceptors (Lipinski definition) is 0.